The highest BCUT2D eigenvalue weighted by Crippen LogP contribution is 2.21. The summed E-state index contributed by atoms with van der Waals surface area (Å²) in [6.45, 7) is 1.54. The summed E-state index contributed by atoms with van der Waals surface area (Å²) in [6.07, 6.45) is 4.06. The van der Waals surface area contributed by atoms with Gasteiger partial charge in [-0.1, -0.05) is 29.3 Å². The molecule has 1 atom stereocenters. The molecule has 20 heavy (non-hydrogen) atoms. The van der Waals surface area contributed by atoms with Crippen LogP contribution < -0.4 is 10.7 Å². The second-order valence-corrected chi connectivity index (χ2v) is 5.61. The Kier molecular flexibility index (Phi) is 6.04. The van der Waals surface area contributed by atoms with E-state index in [1.165, 1.54) is 0 Å². The van der Waals surface area contributed by atoms with Crippen molar-refractivity contribution in [2.24, 2.45) is 5.10 Å². The van der Waals surface area contributed by atoms with Gasteiger partial charge in [0.2, 0.25) is 0 Å². The van der Waals surface area contributed by atoms with E-state index in [2.05, 4.69) is 15.8 Å². The predicted octanol–water partition coefficient (Wildman–Crippen LogP) is 2.97. The molecule has 1 saturated heterocycles. The minimum atomic E-state index is 0.244. The zero-order valence-corrected chi connectivity index (χ0v) is 13.1. The van der Waals surface area contributed by atoms with E-state index in [-0.39, 0.29) is 6.10 Å². The van der Waals surface area contributed by atoms with Gasteiger partial charge < -0.3 is 10.1 Å². The predicted molar refractivity (Wildman–Crippen MR) is 86.8 cm³/mol. The third-order valence-electron chi connectivity index (χ3n) is 2.84. The van der Waals surface area contributed by atoms with Crippen LogP contribution >= 0.6 is 35.4 Å². The highest BCUT2D eigenvalue weighted by atomic mass is 35.5. The summed E-state index contributed by atoms with van der Waals surface area (Å²) in [5, 5.41) is 8.59. The molecule has 1 fully saturated rings. The van der Waals surface area contributed by atoms with Crippen molar-refractivity contribution in [3.8, 4) is 0 Å². The molecule has 0 bridgehead atoms. The van der Waals surface area contributed by atoms with E-state index >= 15 is 0 Å². The van der Waals surface area contributed by atoms with Gasteiger partial charge in [0.25, 0.3) is 0 Å². The van der Waals surface area contributed by atoms with Gasteiger partial charge in [0.05, 0.1) is 22.4 Å². The van der Waals surface area contributed by atoms with E-state index in [1.807, 2.05) is 6.07 Å². The Morgan fingerprint density at radius 1 is 1.45 bits per heavy atom. The summed E-state index contributed by atoms with van der Waals surface area (Å²) in [5.74, 6) is 0. The number of hydrogen-bond donors (Lipinski definition) is 2. The molecule has 0 saturated carbocycles. The van der Waals surface area contributed by atoms with Crippen LogP contribution in [0.15, 0.2) is 23.3 Å². The maximum absolute atomic E-state index is 5.91. The molecule has 0 amide bonds. The van der Waals surface area contributed by atoms with Gasteiger partial charge in [-0.05, 0) is 42.8 Å². The normalized spacial score (nSPS) is 18.4. The number of hydrazone groups is 1. The summed E-state index contributed by atoms with van der Waals surface area (Å²) < 4.78 is 5.49. The Balaban J connectivity index is 1.74. The van der Waals surface area contributed by atoms with Crippen LogP contribution in [-0.4, -0.2) is 30.6 Å². The summed E-state index contributed by atoms with van der Waals surface area (Å²) in [6, 6.07) is 5.28. The number of rotatable bonds is 4. The lowest BCUT2D eigenvalue weighted by atomic mass is 10.2. The molecular weight excluding hydrogens is 317 g/mol. The zero-order chi connectivity index (χ0) is 14.4. The minimum Gasteiger partial charge on any atom is -0.376 e. The number of thiocarbonyl (C=S) groups is 1. The van der Waals surface area contributed by atoms with Crippen LogP contribution in [-0.2, 0) is 4.74 Å². The average Bonchev–Trinajstić information content (AvgIpc) is 2.94. The monoisotopic (exact) mass is 331 g/mol. The number of hydrogen-bond acceptors (Lipinski definition) is 3. The largest absolute Gasteiger partial charge is 0.376 e. The summed E-state index contributed by atoms with van der Waals surface area (Å²) >= 11 is 16.9. The Labute approximate surface area is 133 Å². The van der Waals surface area contributed by atoms with Gasteiger partial charge in [0.15, 0.2) is 5.11 Å². The molecule has 0 aliphatic carbocycles. The van der Waals surface area contributed by atoms with Crippen molar-refractivity contribution in [2.45, 2.75) is 18.9 Å². The molecule has 0 unspecified atom stereocenters. The van der Waals surface area contributed by atoms with Crippen molar-refractivity contribution in [1.29, 1.82) is 0 Å². The van der Waals surface area contributed by atoms with Crippen molar-refractivity contribution >= 4 is 46.7 Å². The quantitative estimate of drug-likeness (QED) is 0.506. The van der Waals surface area contributed by atoms with Crippen molar-refractivity contribution in [3.63, 3.8) is 0 Å². The number of ether oxygens (including phenoxy) is 1. The van der Waals surface area contributed by atoms with Crippen molar-refractivity contribution in [3.05, 3.63) is 33.8 Å². The lowest BCUT2D eigenvalue weighted by molar-refractivity contribution is 0.114. The average molecular weight is 332 g/mol. The van der Waals surface area contributed by atoms with Crippen LogP contribution in [0, 0.1) is 0 Å². The fourth-order valence-electron chi connectivity index (χ4n) is 1.81. The molecule has 1 heterocycles. The van der Waals surface area contributed by atoms with Crippen molar-refractivity contribution < 1.29 is 4.74 Å². The molecule has 2 rings (SSSR count). The molecule has 7 heteroatoms. The Bertz CT molecular complexity index is 504. The topological polar surface area (TPSA) is 45.6 Å². The third-order valence-corrected chi connectivity index (χ3v) is 3.81. The van der Waals surface area contributed by atoms with Crippen LogP contribution in [0.1, 0.15) is 18.4 Å². The highest BCUT2D eigenvalue weighted by Gasteiger charge is 2.14. The first-order chi connectivity index (χ1) is 9.65. The van der Waals surface area contributed by atoms with E-state index in [4.69, 9.17) is 40.2 Å². The SMILES string of the molecule is S=C(NC[C@H]1CCCO1)N/N=C\c1ccc(Cl)c(Cl)c1. The van der Waals surface area contributed by atoms with Crippen LogP contribution in [0.25, 0.3) is 0 Å². The molecule has 108 valence electrons. The summed E-state index contributed by atoms with van der Waals surface area (Å²) in [5.41, 5.74) is 3.59. The van der Waals surface area contributed by atoms with Crippen molar-refractivity contribution in [2.75, 3.05) is 13.2 Å². The number of halogens is 2. The highest BCUT2D eigenvalue weighted by molar-refractivity contribution is 7.80. The Morgan fingerprint density at radius 2 is 2.30 bits per heavy atom. The van der Waals surface area contributed by atoms with Crippen LogP contribution in [0.2, 0.25) is 10.0 Å². The van der Waals surface area contributed by atoms with Crippen molar-refractivity contribution in [1.82, 2.24) is 10.7 Å². The second kappa shape index (κ2) is 7.78. The lowest BCUT2D eigenvalue weighted by Gasteiger charge is -2.11. The van der Waals surface area contributed by atoms with Gasteiger partial charge >= 0.3 is 0 Å². The molecule has 1 aromatic carbocycles. The van der Waals surface area contributed by atoms with E-state index < -0.39 is 0 Å². The first-order valence-electron chi connectivity index (χ1n) is 6.29. The molecule has 0 aromatic heterocycles. The van der Waals surface area contributed by atoms with Crippen LogP contribution in [0.5, 0.6) is 0 Å². The standard InChI is InChI=1S/C13H15Cl2N3OS/c14-11-4-3-9(6-12(11)15)7-17-18-13(20)16-8-10-2-1-5-19-10/h3-4,6-7,10H,1-2,5,8H2,(H2,16,18,20)/b17-7-/t10-/m1/s1. The Morgan fingerprint density at radius 3 is 3.00 bits per heavy atom. The fourth-order valence-corrected chi connectivity index (χ4v) is 2.25. The van der Waals surface area contributed by atoms with E-state index in [0.29, 0.717) is 21.7 Å². The molecule has 0 radical (unpaired) electrons. The number of benzene rings is 1. The molecular formula is C13H15Cl2N3OS. The second-order valence-electron chi connectivity index (χ2n) is 4.39. The van der Waals surface area contributed by atoms with Crippen LogP contribution in [0.4, 0.5) is 0 Å². The third kappa shape index (κ3) is 4.90. The maximum atomic E-state index is 5.91. The van der Waals surface area contributed by atoms with Gasteiger partial charge in [-0.15, -0.1) is 0 Å². The smallest absolute Gasteiger partial charge is 0.187 e. The van der Waals surface area contributed by atoms with E-state index in [9.17, 15) is 0 Å². The fraction of sp³-hybridized carbons (Fsp3) is 0.385. The lowest BCUT2D eigenvalue weighted by Crippen LogP contribution is -2.37. The number of nitrogens with zero attached hydrogens (tertiary/aromatic N) is 1. The molecule has 1 aliphatic rings. The maximum Gasteiger partial charge on any atom is 0.187 e. The molecule has 1 aromatic rings. The first kappa shape index (κ1) is 15.5. The van der Waals surface area contributed by atoms with Gasteiger partial charge in [0, 0.05) is 13.2 Å². The first-order valence-corrected chi connectivity index (χ1v) is 7.45. The zero-order valence-electron chi connectivity index (χ0n) is 10.7. The summed E-state index contributed by atoms with van der Waals surface area (Å²) in [7, 11) is 0. The van der Waals surface area contributed by atoms with E-state index in [0.717, 1.165) is 25.0 Å². The molecule has 1 aliphatic heterocycles. The van der Waals surface area contributed by atoms with E-state index in [1.54, 1.807) is 18.3 Å². The molecule has 4 nitrogen and oxygen atoms in total. The van der Waals surface area contributed by atoms with Gasteiger partial charge in [-0.3, -0.25) is 5.43 Å². The van der Waals surface area contributed by atoms with Gasteiger partial charge in [-0.2, -0.15) is 5.10 Å². The van der Waals surface area contributed by atoms with Gasteiger partial charge in [-0.25, -0.2) is 0 Å². The minimum absolute atomic E-state index is 0.244. The van der Waals surface area contributed by atoms with Gasteiger partial charge in [0.1, 0.15) is 0 Å². The van der Waals surface area contributed by atoms with Crippen LogP contribution in [0.3, 0.4) is 0 Å². The number of nitrogens with one attached hydrogen (secondary N) is 2. The summed E-state index contributed by atoms with van der Waals surface area (Å²) in [4.78, 5) is 0. The Hall–Kier alpha value is -0.880. The molecule has 0 spiro atoms. The molecule has 2 N–H and O–H groups in total.